The highest BCUT2D eigenvalue weighted by Crippen LogP contribution is 2.37. The van der Waals surface area contributed by atoms with E-state index < -0.39 is 16.1 Å². The van der Waals surface area contributed by atoms with Crippen LogP contribution in [0.1, 0.15) is 12.5 Å². The number of hydrogen-bond acceptors (Lipinski definition) is 6. The Bertz CT molecular complexity index is 1160. The number of carbonyl (C=O) groups is 1. The molecule has 1 aliphatic heterocycles. The standard InChI is InChI=1S/C20H19N3O4S2/c1-13-19(24)23(2)17-10-15(8-9-18(17)27-13)16-11-28-20(21-16)22-29(25,26)12-14-6-4-3-5-7-14/h3-11,13H,12H2,1-2H3,(H,21,22). The SMILES string of the molecule is CC1Oc2ccc(-c3csc(NS(=O)(=O)Cc4ccccc4)n3)cc2N(C)C1=O. The summed E-state index contributed by atoms with van der Waals surface area (Å²) >= 11 is 1.21. The maximum Gasteiger partial charge on any atom is 0.267 e. The summed E-state index contributed by atoms with van der Waals surface area (Å²) in [5, 5.41) is 2.07. The summed E-state index contributed by atoms with van der Waals surface area (Å²) in [7, 11) is -1.87. The number of thiazole rings is 1. The van der Waals surface area contributed by atoms with E-state index in [0.717, 1.165) is 5.56 Å². The third-order valence-corrected chi connectivity index (χ3v) is 6.65. The maximum absolute atomic E-state index is 12.4. The largest absolute Gasteiger partial charge is 0.479 e. The predicted octanol–water partition coefficient (Wildman–Crippen LogP) is 3.50. The van der Waals surface area contributed by atoms with Gasteiger partial charge >= 0.3 is 0 Å². The van der Waals surface area contributed by atoms with Crippen LogP contribution >= 0.6 is 11.3 Å². The maximum atomic E-state index is 12.4. The molecule has 1 aliphatic rings. The topological polar surface area (TPSA) is 88.6 Å². The minimum atomic E-state index is -3.57. The molecule has 0 radical (unpaired) electrons. The smallest absolute Gasteiger partial charge is 0.267 e. The number of carbonyl (C=O) groups excluding carboxylic acids is 1. The van der Waals surface area contributed by atoms with Gasteiger partial charge in [0.15, 0.2) is 11.2 Å². The van der Waals surface area contributed by atoms with Crippen molar-refractivity contribution in [2.24, 2.45) is 0 Å². The third kappa shape index (κ3) is 4.10. The van der Waals surface area contributed by atoms with Gasteiger partial charge in [-0.25, -0.2) is 13.4 Å². The molecule has 1 N–H and O–H groups in total. The highest BCUT2D eigenvalue weighted by molar-refractivity contribution is 7.92. The first-order chi connectivity index (χ1) is 13.8. The Morgan fingerprint density at radius 2 is 1.97 bits per heavy atom. The number of fused-ring (bicyclic) bond motifs is 1. The quantitative estimate of drug-likeness (QED) is 0.671. The van der Waals surface area contributed by atoms with Crippen molar-refractivity contribution in [1.29, 1.82) is 0 Å². The zero-order valence-electron chi connectivity index (χ0n) is 15.8. The molecule has 7 nitrogen and oxygen atoms in total. The molecule has 29 heavy (non-hydrogen) atoms. The van der Waals surface area contributed by atoms with E-state index in [9.17, 15) is 13.2 Å². The van der Waals surface area contributed by atoms with Crippen LogP contribution < -0.4 is 14.4 Å². The van der Waals surface area contributed by atoms with Crippen molar-refractivity contribution in [1.82, 2.24) is 4.98 Å². The Morgan fingerprint density at radius 3 is 2.72 bits per heavy atom. The molecule has 150 valence electrons. The Kier molecular flexibility index (Phi) is 5.01. The van der Waals surface area contributed by atoms with E-state index >= 15 is 0 Å². The van der Waals surface area contributed by atoms with E-state index in [2.05, 4.69) is 9.71 Å². The molecule has 1 aromatic heterocycles. The summed E-state index contributed by atoms with van der Waals surface area (Å²) in [6.45, 7) is 1.71. The van der Waals surface area contributed by atoms with Gasteiger partial charge in [-0.1, -0.05) is 30.3 Å². The van der Waals surface area contributed by atoms with Gasteiger partial charge in [-0.15, -0.1) is 11.3 Å². The Morgan fingerprint density at radius 1 is 1.21 bits per heavy atom. The minimum Gasteiger partial charge on any atom is -0.479 e. The molecule has 0 bridgehead atoms. The van der Waals surface area contributed by atoms with Crippen LogP contribution in [-0.4, -0.2) is 32.5 Å². The number of benzene rings is 2. The Labute approximate surface area is 173 Å². The molecule has 1 atom stereocenters. The number of rotatable bonds is 5. The molecule has 1 unspecified atom stereocenters. The lowest BCUT2D eigenvalue weighted by Gasteiger charge is -2.30. The van der Waals surface area contributed by atoms with Crippen LogP contribution in [0.3, 0.4) is 0 Å². The van der Waals surface area contributed by atoms with Crippen LogP contribution in [0, 0.1) is 0 Å². The van der Waals surface area contributed by atoms with E-state index in [4.69, 9.17) is 4.74 Å². The summed E-state index contributed by atoms with van der Waals surface area (Å²) in [6, 6.07) is 14.4. The van der Waals surface area contributed by atoms with Gasteiger partial charge in [-0.05, 0) is 30.7 Å². The second-order valence-corrected chi connectivity index (χ2v) is 9.30. The van der Waals surface area contributed by atoms with Gasteiger partial charge in [-0.2, -0.15) is 0 Å². The molecular weight excluding hydrogens is 410 g/mol. The number of nitrogens with zero attached hydrogens (tertiary/aromatic N) is 2. The van der Waals surface area contributed by atoms with Crippen molar-refractivity contribution in [2.75, 3.05) is 16.7 Å². The van der Waals surface area contributed by atoms with Crippen molar-refractivity contribution in [3.63, 3.8) is 0 Å². The Balaban J connectivity index is 1.55. The summed E-state index contributed by atoms with van der Waals surface area (Å²) < 4.78 is 33.0. The summed E-state index contributed by atoms with van der Waals surface area (Å²) in [5.41, 5.74) is 2.75. The van der Waals surface area contributed by atoms with Crippen molar-refractivity contribution in [2.45, 2.75) is 18.8 Å². The zero-order chi connectivity index (χ0) is 20.6. The number of hydrogen-bond donors (Lipinski definition) is 1. The van der Waals surface area contributed by atoms with Gasteiger partial charge in [0, 0.05) is 18.0 Å². The fraction of sp³-hybridized carbons (Fsp3) is 0.200. The van der Waals surface area contributed by atoms with E-state index in [0.29, 0.717) is 27.8 Å². The minimum absolute atomic E-state index is 0.121. The van der Waals surface area contributed by atoms with Crippen molar-refractivity contribution >= 4 is 38.1 Å². The van der Waals surface area contributed by atoms with Crippen molar-refractivity contribution < 1.29 is 17.9 Å². The fourth-order valence-corrected chi connectivity index (χ4v) is 5.24. The third-order valence-electron chi connectivity index (χ3n) is 4.54. The molecule has 0 aliphatic carbocycles. The first-order valence-electron chi connectivity index (χ1n) is 8.91. The lowest BCUT2D eigenvalue weighted by atomic mass is 10.1. The van der Waals surface area contributed by atoms with E-state index in [-0.39, 0.29) is 11.7 Å². The number of anilines is 2. The van der Waals surface area contributed by atoms with Crippen LogP contribution in [0.5, 0.6) is 5.75 Å². The van der Waals surface area contributed by atoms with Gasteiger partial charge in [-0.3, -0.25) is 9.52 Å². The monoisotopic (exact) mass is 429 g/mol. The first kappa shape index (κ1) is 19.4. The van der Waals surface area contributed by atoms with Crippen LogP contribution in [0.4, 0.5) is 10.8 Å². The highest BCUT2D eigenvalue weighted by Gasteiger charge is 2.29. The van der Waals surface area contributed by atoms with Gasteiger partial charge in [0.2, 0.25) is 10.0 Å². The zero-order valence-corrected chi connectivity index (χ0v) is 17.5. The number of sulfonamides is 1. The van der Waals surface area contributed by atoms with Crippen molar-refractivity contribution in [3.05, 3.63) is 59.5 Å². The number of amides is 1. The molecule has 0 saturated heterocycles. The Hall–Kier alpha value is -2.91. The summed E-state index contributed by atoms with van der Waals surface area (Å²) in [5.74, 6) is 0.383. The van der Waals surface area contributed by atoms with Gasteiger partial charge < -0.3 is 9.64 Å². The molecule has 9 heteroatoms. The number of nitrogens with one attached hydrogen (secondary N) is 1. The van der Waals surface area contributed by atoms with Gasteiger partial charge in [0.25, 0.3) is 5.91 Å². The molecule has 4 rings (SSSR count). The predicted molar refractivity (Wildman–Crippen MR) is 114 cm³/mol. The van der Waals surface area contributed by atoms with E-state index in [1.165, 1.54) is 11.3 Å². The van der Waals surface area contributed by atoms with E-state index in [1.54, 1.807) is 54.6 Å². The number of likely N-dealkylation sites (N-methyl/N-ethyl adjacent to an activating group) is 1. The molecule has 2 heterocycles. The molecular formula is C20H19N3O4S2. The molecule has 1 amide bonds. The first-order valence-corrected chi connectivity index (χ1v) is 11.4. The van der Waals surface area contributed by atoms with Crippen LogP contribution in [0.25, 0.3) is 11.3 Å². The molecule has 0 fully saturated rings. The van der Waals surface area contributed by atoms with Crippen molar-refractivity contribution in [3.8, 4) is 17.0 Å². The lowest BCUT2D eigenvalue weighted by molar-refractivity contribution is -0.125. The van der Waals surface area contributed by atoms with E-state index in [1.807, 2.05) is 18.2 Å². The molecule has 0 spiro atoms. The number of ether oxygens (including phenoxy) is 1. The van der Waals surface area contributed by atoms with Crippen LogP contribution in [0.15, 0.2) is 53.9 Å². The normalized spacial score (nSPS) is 16.3. The average Bonchev–Trinajstić information content (AvgIpc) is 3.14. The average molecular weight is 430 g/mol. The van der Waals surface area contributed by atoms with Gasteiger partial charge in [0.05, 0.1) is 17.1 Å². The summed E-state index contributed by atoms with van der Waals surface area (Å²) in [4.78, 5) is 18.1. The van der Waals surface area contributed by atoms with Crippen LogP contribution in [-0.2, 0) is 20.6 Å². The van der Waals surface area contributed by atoms with Crippen LogP contribution in [0.2, 0.25) is 0 Å². The lowest BCUT2D eigenvalue weighted by Crippen LogP contribution is -2.41. The second kappa shape index (κ2) is 7.49. The van der Waals surface area contributed by atoms with Gasteiger partial charge in [0.1, 0.15) is 5.75 Å². The second-order valence-electron chi connectivity index (χ2n) is 6.72. The fourth-order valence-electron chi connectivity index (χ4n) is 3.09. The molecule has 3 aromatic rings. The number of aromatic nitrogens is 1. The summed E-state index contributed by atoms with van der Waals surface area (Å²) in [6.07, 6.45) is -0.525. The molecule has 2 aromatic carbocycles. The highest BCUT2D eigenvalue weighted by atomic mass is 32.2. The molecule has 0 saturated carbocycles.